The summed E-state index contributed by atoms with van der Waals surface area (Å²) in [6, 6.07) is 15.3. The molecule has 0 unspecified atom stereocenters. The van der Waals surface area contributed by atoms with Crippen LogP contribution in [0.4, 0.5) is 10.1 Å². The number of aromatic nitrogens is 2. The first-order valence-electron chi connectivity index (χ1n) is 9.04. The molecule has 4 aromatic rings. The Bertz CT molecular complexity index is 1180. The standard InChI is InChI=1S/C23H16FN3O2S/c24-20-13-16(6-8-21(20)29-19-5-2-10-25-15-19)7-9-22(28)27-18-4-1-3-17(14-18)23-26-11-12-30-23/h1-15H,(H,27,28)/b9-7+. The van der Waals surface area contributed by atoms with Crippen molar-refractivity contribution in [3.05, 3.63) is 96.0 Å². The Morgan fingerprint density at radius 2 is 2.03 bits per heavy atom. The number of ether oxygens (including phenoxy) is 1. The van der Waals surface area contributed by atoms with Crippen LogP contribution in [0.1, 0.15) is 5.56 Å². The van der Waals surface area contributed by atoms with Crippen LogP contribution in [0.15, 0.2) is 84.6 Å². The van der Waals surface area contributed by atoms with Gasteiger partial charge < -0.3 is 10.1 Å². The fraction of sp³-hybridized carbons (Fsp3) is 0. The number of nitrogens with zero attached hydrogens (tertiary/aromatic N) is 2. The fourth-order valence-electron chi connectivity index (χ4n) is 2.69. The van der Waals surface area contributed by atoms with Gasteiger partial charge in [-0.1, -0.05) is 18.2 Å². The summed E-state index contributed by atoms with van der Waals surface area (Å²) >= 11 is 1.53. The van der Waals surface area contributed by atoms with E-state index in [0.29, 0.717) is 17.0 Å². The van der Waals surface area contributed by atoms with Crippen LogP contribution in [-0.2, 0) is 4.79 Å². The highest BCUT2D eigenvalue weighted by atomic mass is 32.1. The SMILES string of the molecule is O=C(/C=C/c1ccc(Oc2cccnc2)c(F)c1)Nc1cccc(-c2nccs2)c1. The molecule has 0 spiro atoms. The molecule has 2 aromatic carbocycles. The van der Waals surface area contributed by atoms with E-state index in [-0.39, 0.29) is 11.7 Å². The summed E-state index contributed by atoms with van der Waals surface area (Å²) in [5.41, 5.74) is 2.12. The van der Waals surface area contributed by atoms with Gasteiger partial charge in [-0.25, -0.2) is 9.37 Å². The van der Waals surface area contributed by atoms with Crippen LogP contribution in [0.25, 0.3) is 16.6 Å². The molecule has 7 heteroatoms. The Labute approximate surface area is 176 Å². The van der Waals surface area contributed by atoms with Gasteiger partial charge in [0.25, 0.3) is 0 Å². The van der Waals surface area contributed by atoms with Gasteiger partial charge in [-0.05, 0) is 48.0 Å². The predicted octanol–water partition coefficient (Wildman–Crippen LogP) is 5.79. The number of rotatable bonds is 6. The van der Waals surface area contributed by atoms with Crippen molar-refractivity contribution in [3.63, 3.8) is 0 Å². The minimum atomic E-state index is -0.530. The number of pyridine rings is 1. The second kappa shape index (κ2) is 9.11. The van der Waals surface area contributed by atoms with E-state index in [1.165, 1.54) is 41.8 Å². The van der Waals surface area contributed by atoms with E-state index in [0.717, 1.165) is 10.6 Å². The lowest BCUT2D eigenvalue weighted by molar-refractivity contribution is -0.111. The first-order valence-corrected chi connectivity index (χ1v) is 9.92. The van der Waals surface area contributed by atoms with E-state index < -0.39 is 5.82 Å². The lowest BCUT2D eigenvalue weighted by Gasteiger charge is -2.07. The van der Waals surface area contributed by atoms with Gasteiger partial charge in [0.05, 0.1) is 6.20 Å². The lowest BCUT2D eigenvalue weighted by atomic mass is 10.2. The van der Waals surface area contributed by atoms with Crippen molar-refractivity contribution in [1.29, 1.82) is 0 Å². The average molecular weight is 417 g/mol. The zero-order valence-corrected chi connectivity index (χ0v) is 16.5. The van der Waals surface area contributed by atoms with Crippen molar-refractivity contribution >= 4 is 29.0 Å². The molecule has 0 aliphatic rings. The van der Waals surface area contributed by atoms with Crippen LogP contribution in [-0.4, -0.2) is 15.9 Å². The fourth-order valence-corrected chi connectivity index (χ4v) is 3.33. The Morgan fingerprint density at radius 1 is 1.10 bits per heavy atom. The second-order valence-corrected chi connectivity index (χ2v) is 7.12. The van der Waals surface area contributed by atoms with Crippen LogP contribution >= 0.6 is 11.3 Å². The summed E-state index contributed by atoms with van der Waals surface area (Å²) < 4.78 is 19.8. The van der Waals surface area contributed by atoms with Crippen LogP contribution in [0, 0.1) is 5.82 Å². The molecule has 0 aliphatic carbocycles. The number of halogens is 1. The summed E-state index contributed by atoms with van der Waals surface area (Å²) in [5.74, 6) is -0.317. The van der Waals surface area contributed by atoms with Crippen LogP contribution in [0.2, 0.25) is 0 Å². The molecule has 4 rings (SSSR count). The third-order valence-electron chi connectivity index (χ3n) is 4.05. The molecule has 5 nitrogen and oxygen atoms in total. The number of carbonyl (C=O) groups excluding carboxylic acids is 1. The molecule has 148 valence electrons. The quantitative estimate of drug-likeness (QED) is 0.404. The number of nitrogens with one attached hydrogen (secondary N) is 1. The summed E-state index contributed by atoms with van der Waals surface area (Å²) in [6.07, 6.45) is 7.74. The molecule has 2 aromatic heterocycles. The number of carbonyl (C=O) groups is 1. The predicted molar refractivity (Wildman–Crippen MR) is 116 cm³/mol. The van der Waals surface area contributed by atoms with Gasteiger partial charge in [-0.15, -0.1) is 11.3 Å². The molecular weight excluding hydrogens is 401 g/mol. The Morgan fingerprint density at radius 3 is 2.80 bits per heavy atom. The number of hydrogen-bond acceptors (Lipinski definition) is 5. The van der Waals surface area contributed by atoms with Crippen molar-refractivity contribution in [2.75, 3.05) is 5.32 Å². The van der Waals surface area contributed by atoms with E-state index in [9.17, 15) is 9.18 Å². The van der Waals surface area contributed by atoms with Crippen molar-refractivity contribution in [2.45, 2.75) is 0 Å². The topological polar surface area (TPSA) is 64.1 Å². The third kappa shape index (κ3) is 4.95. The molecule has 0 saturated carbocycles. The summed E-state index contributed by atoms with van der Waals surface area (Å²) in [5, 5.41) is 5.58. The largest absolute Gasteiger partial charge is 0.453 e. The van der Waals surface area contributed by atoms with Gasteiger partial charge in [0.2, 0.25) is 5.91 Å². The number of amides is 1. The Kier molecular flexibility index (Phi) is 5.91. The Balaban J connectivity index is 1.40. The lowest BCUT2D eigenvalue weighted by Crippen LogP contribution is -2.07. The Hall–Kier alpha value is -3.84. The minimum Gasteiger partial charge on any atom is -0.453 e. The van der Waals surface area contributed by atoms with E-state index in [1.54, 1.807) is 36.7 Å². The number of anilines is 1. The molecule has 0 saturated heterocycles. The summed E-state index contributed by atoms with van der Waals surface area (Å²) in [4.78, 5) is 20.4. The molecular formula is C23H16FN3O2S. The number of hydrogen-bond donors (Lipinski definition) is 1. The maximum Gasteiger partial charge on any atom is 0.248 e. The average Bonchev–Trinajstić information content (AvgIpc) is 3.30. The van der Waals surface area contributed by atoms with Crippen LogP contribution < -0.4 is 10.1 Å². The minimum absolute atomic E-state index is 0.0867. The van der Waals surface area contributed by atoms with E-state index in [2.05, 4.69) is 15.3 Å². The van der Waals surface area contributed by atoms with Crippen LogP contribution in [0.5, 0.6) is 11.5 Å². The molecule has 0 atom stereocenters. The number of thiazole rings is 1. The maximum absolute atomic E-state index is 14.3. The highest BCUT2D eigenvalue weighted by Crippen LogP contribution is 2.26. The molecule has 0 radical (unpaired) electrons. The molecule has 1 N–H and O–H groups in total. The van der Waals surface area contributed by atoms with Gasteiger partial charge >= 0.3 is 0 Å². The van der Waals surface area contributed by atoms with Gasteiger partial charge in [0.1, 0.15) is 10.8 Å². The van der Waals surface area contributed by atoms with Gasteiger partial charge in [0, 0.05) is 35.1 Å². The van der Waals surface area contributed by atoms with Crippen molar-refractivity contribution in [1.82, 2.24) is 9.97 Å². The summed E-state index contributed by atoms with van der Waals surface area (Å²) in [7, 11) is 0. The molecule has 0 fully saturated rings. The van der Waals surface area contributed by atoms with Crippen molar-refractivity contribution < 1.29 is 13.9 Å². The highest BCUT2D eigenvalue weighted by molar-refractivity contribution is 7.13. The summed E-state index contributed by atoms with van der Waals surface area (Å²) in [6.45, 7) is 0. The molecule has 30 heavy (non-hydrogen) atoms. The first-order chi connectivity index (χ1) is 14.7. The number of benzene rings is 2. The smallest absolute Gasteiger partial charge is 0.248 e. The third-order valence-corrected chi connectivity index (χ3v) is 4.88. The molecule has 2 heterocycles. The second-order valence-electron chi connectivity index (χ2n) is 6.22. The maximum atomic E-state index is 14.3. The van der Waals surface area contributed by atoms with E-state index in [4.69, 9.17) is 4.74 Å². The van der Waals surface area contributed by atoms with Gasteiger partial charge in [-0.3, -0.25) is 9.78 Å². The van der Waals surface area contributed by atoms with E-state index in [1.807, 2.05) is 23.6 Å². The first kappa shape index (κ1) is 19.5. The highest BCUT2D eigenvalue weighted by Gasteiger charge is 2.06. The van der Waals surface area contributed by atoms with Gasteiger partial charge in [-0.2, -0.15) is 0 Å². The van der Waals surface area contributed by atoms with E-state index >= 15 is 0 Å². The monoisotopic (exact) mass is 417 g/mol. The van der Waals surface area contributed by atoms with Crippen molar-refractivity contribution in [2.24, 2.45) is 0 Å². The zero-order valence-electron chi connectivity index (χ0n) is 15.7. The van der Waals surface area contributed by atoms with Gasteiger partial charge in [0.15, 0.2) is 11.6 Å². The van der Waals surface area contributed by atoms with Crippen LogP contribution in [0.3, 0.4) is 0 Å². The van der Waals surface area contributed by atoms with Crippen molar-refractivity contribution in [3.8, 4) is 22.1 Å². The normalized spacial score (nSPS) is 10.8. The molecule has 0 aliphatic heterocycles. The molecule has 0 bridgehead atoms. The molecule has 1 amide bonds. The zero-order chi connectivity index (χ0) is 20.8.